The molecule has 3 nitrogen and oxygen atoms in total. The van der Waals surface area contributed by atoms with Gasteiger partial charge in [0.05, 0.1) is 27.2 Å². The minimum absolute atomic E-state index is 0.0465. The molecule has 1 saturated heterocycles. The molecule has 17 heavy (non-hydrogen) atoms. The Balaban J connectivity index is 2.19. The predicted molar refractivity (Wildman–Crippen MR) is 68.4 cm³/mol. The van der Waals surface area contributed by atoms with Crippen LogP contribution in [0.4, 0.5) is 0 Å². The molecule has 1 atom stereocenters. The molecule has 0 amide bonds. The van der Waals surface area contributed by atoms with Gasteiger partial charge in [0.2, 0.25) is 0 Å². The lowest BCUT2D eigenvalue weighted by Crippen LogP contribution is -2.32. The van der Waals surface area contributed by atoms with Crippen LogP contribution in [-0.4, -0.2) is 30.6 Å². The summed E-state index contributed by atoms with van der Waals surface area (Å²) in [5, 5.41) is 11.0. The molecule has 0 aliphatic carbocycles. The molecule has 0 aromatic heterocycles. The summed E-state index contributed by atoms with van der Waals surface area (Å²) in [4.78, 5) is 0. The van der Waals surface area contributed by atoms with Gasteiger partial charge in [-0.3, -0.25) is 0 Å². The number of aliphatic hydroxyl groups is 1. The first-order chi connectivity index (χ1) is 7.80. The number of benzene rings is 1. The van der Waals surface area contributed by atoms with Crippen LogP contribution in [0.2, 0.25) is 10.0 Å². The molecular weight excluding hydrogens is 283 g/mol. The maximum absolute atomic E-state index is 11.4. The van der Waals surface area contributed by atoms with E-state index in [2.05, 4.69) is 0 Å². The molecule has 1 fully saturated rings. The van der Waals surface area contributed by atoms with E-state index in [1.807, 2.05) is 0 Å². The summed E-state index contributed by atoms with van der Waals surface area (Å²) in [6.45, 7) is 0. The summed E-state index contributed by atoms with van der Waals surface area (Å²) < 4.78 is 22.7. The lowest BCUT2D eigenvalue weighted by molar-refractivity contribution is 0.0682. The SMILES string of the molecule is O=S1(=O)CCC(O)(Cc2ccc(Cl)c(Cl)c2)C1. The average Bonchev–Trinajstić information content (AvgIpc) is 2.47. The maximum Gasteiger partial charge on any atom is 0.153 e. The second-order valence-corrected chi connectivity index (χ2v) is 7.49. The number of hydrogen-bond donors (Lipinski definition) is 1. The van der Waals surface area contributed by atoms with Crippen LogP contribution in [0.1, 0.15) is 12.0 Å². The second-order valence-electron chi connectivity index (χ2n) is 4.49. The van der Waals surface area contributed by atoms with E-state index in [0.29, 0.717) is 10.0 Å². The highest BCUT2D eigenvalue weighted by atomic mass is 35.5. The Morgan fingerprint density at radius 3 is 2.53 bits per heavy atom. The van der Waals surface area contributed by atoms with E-state index in [-0.39, 0.29) is 24.3 Å². The monoisotopic (exact) mass is 294 g/mol. The first kappa shape index (κ1) is 13.1. The topological polar surface area (TPSA) is 54.4 Å². The maximum atomic E-state index is 11.4. The highest BCUT2D eigenvalue weighted by Gasteiger charge is 2.40. The molecule has 2 rings (SSSR count). The normalized spacial score (nSPS) is 27.2. The smallest absolute Gasteiger partial charge is 0.153 e. The van der Waals surface area contributed by atoms with Crippen molar-refractivity contribution in [3.63, 3.8) is 0 Å². The summed E-state index contributed by atoms with van der Waals surface area (Å²) in [7, 11) is -3.10. The highest BCUT2D eigenvalue weighted by molar-refractivity contribution is 7.91. The van der Waals surface area contributed by atoms with Crippen molar-refractivity contribution in [3.05, 3.63) is 33.8 Å². The third-order valence-corrected chi connectivity index (χ3v) is 5.43. The van der Waals surface area contributed by atoms with Crippen LogP contribution in [0.15, 0.2) is 18.2 Å². The van der Waals surface area contributed by atoms with Crippen molar-refractivity contribution in [1.82, 2.24) is 0 Å². The van der Waals surface area contributed by atoms with Gasteiger partial charge in [0, 0.05) is 6.42 Å². The summed E-state index contributed by atoms with van der Waals surface area (Å²) in [5.74, 6) is -0.134. The fourth-order valence-electron chi connectivity index (χ4n) is 2.07. The lowest BCUT2D eigenvalue weighted by atomic mass is 9.94. The Kier molecular flexibility index (Phi) is 3.42. The Morgan fingerprint density at radius 2 is 2.00 bits per heavy atom. The molecule has 0 radical (unpaired) electrons. The third kappa shape index (κ3) is 3.13. The predicted octanol–water partition coefficient (Wildman–Crippen LogP) is 2.09. The van der Waals surface area contributed by atoms with Gasteiger partial charge in [-0.05, 0) is 24.1 Å². The summed E-state index contributed by atoms with van der Waals surface area (Å²) >= 11 is 11.7. The molecule has 1 aliphatic heterocycles. The highest BCUT2D eigenvalue weighted by Crippen LogP contribution is 2.29. The Morgan fingerprint density at radius 1 is 1.29 bits per heavy atom. The fraction of sp³-hybridized carbons (Fsp3) is 0.455. The molecule has 0 bridgehead atoms. The number of halogens is 2. The second kappa shape index (κ2) is 4.43. The van der Waals surface area contributed by atoms with Gasteiger partial charge >= 0.3 is 0 Å². The summed E-state index contributed by atoms with van der Waals surface area (Å²) in [6, 6.07) is 5.05. The van der Waals surface area contributed by atoms with Crippen LogP contribution < -0.4 is 0 Å². The zero-order chi connectivity index (χ0) is 12.7. The molecule has 6 heteroatoms. The minimum Gasteiger partial charge on any atom is -0.388 e. The molecule has 0 spiro atoms. The standard InChI is InChI=1S/C11H12Cl2O3S/c12-9-2-1-8(5-10(9)13)6-11(14)3-4-17(15,16)7-11/h1-2,5,14H,3-4,6-7H2. The van der Waals surface area contributed by atoms with E-state index in [4.69, 9.17) is 23.2 Å². The fourth-order valence-corrected chi connectivity index (χ4v) is 4.29. The minimum atomic E-state index is -3.10. The Hall–Kier alpha value is -0.290. The van der Waals surface area contributed by atoms with E-state index in [9.17, 15) is 13.5 Å². The zero-order valence-corrected chi connectivity index (χ0v) is 11.3. The lowest BCUT2D eigenvalue weighted by Gasteiger charge is -2.20. The van der Waals surface area contributed by atoms with Crippen molar-refractivity contribution < 1.29 is 13.5 Å². The van der Waals surface area contributed by atoms with Crippen LogP contribution in [0.25, 0.3) is 0 Å². The van der Waals surface area contributed by atoms with Gasteiger partial charge < -0.3 is 5.11 Å². The number of sulfone groups is 1. The van der Waals surface area contributed by atoms with Crippen molar-refractivity contribution in [3.8, 4) is 0 Å². The Bertz CT molecular complexity index is 542. The molecule has 1 unspecified atom stereocenters. The van der Waals surface area contributed by atoms with Crippen molar-refractivity contribution in [2.24, 2.45) is 0 Å². The molecule has 94 valence electrons. The van der Waals surface area contributed by atoms with Crippen LogP contribution in [0, 0.1) is 0 Å². The molecule has 1 heterocycles. The van der Waals surface area contributed by atoms with Gasteiger partial charge in [0.25, 0.3) is 0 Å². The van der Waals surface area contributed by atoms with Crippen LogP contribution in [-0.2, 0) is 16.3 Å². The van der Waals surface area contributed by atoms with E-state index in [1.165, 1.54) is 0 Å². The zero-order valence-electron chi connectivity index (χ0n) is 8.99. The summed E-state index contributed by atoms with van der Waals surface area (Å²) in [6.07, 6.45) is 0.554. The van der Waals surface area contributed by atoms with Crippen molar-refractivity contribution in [2.45, 2.75) is 18.4 Å². The third-order valence-electron chi connectivity index (χ3n) is 2.88. The van der Waals surface area contributed by atoms with Gasteiger partial charge in [-0.1, -0.05) is 29.3 Å². The molecular formula is C11H12Cl2O3S. The van der Waals surface area contributed by atoms with Crippen molar-refractivity contribution in [2.75, 3.05) is 11.5 Å². The van der Waals surface area contributed by atoms with E-state index in [0.717, 1.165) is 5.56 Å². The Labute approximate surface area is 110 Å². The quantitative estimate of drug-likeness (QED) is 0.909. The van der Waals surface area contributed by atoms with Gasteiger partial charge in [0.15, 0.2) is 9.84 Å². The van der Waals surface area contributed by atoms with Crippen molar-refractivity contribution in [1.29, 1.82) is 0 Å². The molecule has 1 aromatic rings. The van der Waals surface area contributed by atoms with Gasteiger partial charge in [-0.15, -0.1) is 0 Å². The first-order valence-electron chi connectivity index (χ1n) is 5.16. The van der Waals surface area contributed by atoms with Gasteiger partial charge in [-0.2, -0.15) is 0 Å². The van der Waals surface area contributed by atoms with Crippen molar-refractivity contribution >= 4 is 33.0 Å². The number of hydrogen-bond acceptors (Lipinski definition) is 3. The average molecular weight is 295 g/mol. The van der Waals surface area contributed by atoms with Gasteiger partial charge in [-0.25, -0.2) is 8.42 Å². The largest absolute Gasteiger partial charge is 0.388 e. The van der Waals surface area contributed by atoms with E-state index in [1.54, 1.807) is 18.2 Å². The molecule has 1 aromatic carbocycles. The summed E-state index contributed by atoms with van der Waals surface area (Å²) in [5.41, 5.74) is -0.380. The molecule has 0 saturated carbocycles. The van der Waals surface area contributed by atoms with Gasteiger partial charge in [0.1, 0.15) is 0 Å². The van der Waals surface area contributed by atoms with Crippen LogP contribution in [0.5, 0.6) is 0 Å². The van der Waals surface area contributed by atoms with E-state index >= 15 is 0 Å². The number of rotatable bonds is 2. The first-order valence-corrected chi connectivity index (χ1v) is 7.74. The molecule has 1 aliphatic rings. The molecule has 1 N–H and O–H groups in total. The van der Waals surface area contributed by atoms with E-state index < -0.39 is 15.4 Å². The van der Waals surface area contributed by atoms with Crippen LogP contribution >= 0.6 is 23.2 Å². The van der Waals surface area contributed by atoms with Crippen LogP contribution in [0.3, 0.4) is 0 Å².